The van der Waals surface area contributed by atoms with Crippen molar-refractivity contribution >= 4 is 11.9 Å². The van der Waals surface area contributed by atoms with Gasteiger partial charge in [-0.05, 0) is 41.8 Å². The van der Waals surface area contributed by atoms with E-state index in [1.54, 1.807) is 0 Å². The predicted molar refractivity (Wildman–Crippen MR) is 69.6 cm³/mol. The largest absolute Gasteiger partial charge is 0.478 e. The van der Waals surface area contributed by atoms with Crippen molar-refractivity contribution in [3.05, 3.63) is 70.5 Å². The molecule has 20 heavy (non-hydrogen) atoms. The Labute approximate surface area is 114 Å². The summed E-state index contributed by atoms with van der Waals surface area (Å²) >= 11 is 0. The van der Waals surface area contributed by atoms with Gasteiger partial charge in [0.1, 0.15) is 5.82 Å². The van der Waals surface area contributed by atoms with Crippen LogP contribution in [-0.4, -0.2) is 22.2 Å². The molecule has 0 saturated heterocycles. The highest BCUT2D eigenvalue weighted by atomic mass is 19.1. The van der Waals surface area contributed by atoms with Crippen molar-refractivity contribution in [2.24, 2.45) is 0 Å². The monoisotopic (exact) mass is 274 g/mol. The third kappa shape index (κ3) is 2.83. The van der Waals surface area contributed by atoms with Gasteiger partial charge in [0.2, 0.25) is 0 Å². The summed E-state index contributed by atoms with van der Waals surface area (Å²) < 4.78 is 12.9. The highest BCUT2D eigenvalue weighted by Gasteiger charge is 2.18. The Morgan fingerprint density at radius 3 is 1.85 bits per heavy atom. The van der Waals surface area contributed by atoms with Gasteiger partial charge in [0, 0.05) is 0 Å². The van der Waals surface area contributed by atoms with Crippen molar-refractivity contribution < 1.29 is 24.2 Å². The van der Waals surface area contributed by atoms with Gasteiger partial charge in [-0.3, -0.25) is 0 Å². The van der Waals surface area contributed by atoms with Crippen LogP contribution in [0, 0.1) is 5.82 Å². The Morgan fingerprint density at radius 2 is 1.40 bits per heavy atom. The predicted octanol–water partition coefficient (Wildman–Crippen LogP) is 2.81. The number of hydrogen-bond donors (Lipinski definition) is 2. The lowest BCUT2D eigenvalue weighted by molar-refractivity contribution is 0.0696. The molecule has 0 bridgehead atoms. The Morgan fingerprint density at radius 1 is 0.900 bits per heavy atom. The van der Waals surface area contributed by atoms with Crippen LogP contribution in [0.25, 0.3) is 0 Å². The van der Waals surface area contributed by atoms with Gasteiger partial charge in [-0.1, -0.05) is 18.2 Å². The molecular weight excluding hydrogens is 263 g/mol. The molecule has 0 heterocycles. The molecule has 0 spiro atoms. The number of carboxylic acids is 2. The highest BCUT2D eigenvalue weighted by molar-refractivity contribution is 5.96. The summed E-state index contributed by atoms with van der Waals surface area (Å²) in [6, 6.07) is 9.60. The van der Waals surface area contributed by atoms with Gasteiger partial charge in [0.15, 0.2) is 0 Å². The van der Waals surface area contributed by atoms with E-state index in [-0.39, 0.29) is 23.1 Å². The van der Waals surface area contributed by atoms with Crippen molar-refractivity contribution in [1.29, 1.82) is 0 Å². The number of benzene rings is 2. The molecular formula is C15H11FO4. The maximum atomic E-state index is 12.9. The first-order valence-corrected chi connectivity index (χ1v) is 5.82. The quantitative estimate of drug-likeness (QED) is 0.899. The lowest BCUT2D eigenvalue weighted by atomic mass is 9.94. The van der Waals surface area contributed by atoms with Gasteiger partial charge in [-0.25, -0.2) is 14.0 Å². The number of aromatic carboxylic acids is 2. The van der Waals surface area contributed by atoms with Crippen molar-refractivity contribution in [2.75, 3.05) is 0 Å². The molecule has 0 atom stereocenters. The number of halogens is 1. The van der Waals surface area contributed by atoms with E-state index in [1.165, 1.54) is 42.5 Å². The van der Waals surface area contributed by atoms with Crippen LogP contribution in [0.3, 0.4) is 0 Å². The smallest absolute Gasteiger partial charge is 0.336 e. The van der Waals surface area contributed by atoms with E-state index in [1.807, 2.05) is 0 Å². The third-order valence-corrected chi connectivity index (χ3v) is 2.93. The van der Waals surface area contributed by atoms with Crippen LogP contribution in [0.15, 0.2) is 42.5 Å². The van der Waals surface area contributed by atoms with Crippen LogP contribution in [0.5, 0.6) is 0 Å². The molecule has 0 aliphatic rings. The Hall–Kier alpha value is -2.69. The van der Waals surface area contributed by atoms with Gasteiger partial charge in [0.25, 0.3) is 0 Å². The minimum Gasteiger partial charge on any atom is -0.478 e. The average Bonchev–Trinajstić information content (AvgIpc) is 2.41. The summed E-state index contributed by atoms with van der Waals surface area (Å²) in [6.45, 7) is 0. The first-order valence-electron chi connectivity index (χ1n) is 5.82. The molecule has 0 radical (unpaired) electrons. The van der Waals surface area contributed by atoms with E-state index >= 15 is 0 Å². The molecule has 0 amide bonds. The van der Waals surface area contributed by atoms with Crippen molar-refractivity contribution in [3.8, 4) is 0 Å². The van der Waals surface area contributed by atoms with E-state index in [2.05, 4.69) is 0 Å². The fraction of sp³-hybridized carbons (Fsp3) is 0.0667. The zero-order chi connectivity index (χ0) is 14.7. The summed E-state index contributed by atoms with van der Waals surface area (Å²) in [4.78, 5) is 22.4. The zero-order valence-electron chi connectivity index (χ0n) is 10.3. The Balaban J connectivity index is 2.50. The maximum Gasteiger partial charge on any atom is 0.336 e. The highest BCUT2D eigenvalue weighted by Crippen LogP contribution is 2.20. The van der Waals surface area contributed by atoms with E-state index in [4.69, 9.17) is 10.2 Å². The zero-order valence-corrected chi connectivity index (χ0v) is 10.3. The second-order valence-corrected chi connectivity index (χ2v) is 4.25. The first kappa shape index (κ1) is 13.7. The summed E-state index contributed by atoms with van der Waals surface area (Å²) in [5, 5.41) is 18.3. The van der Waals surface area contributed by atoms with Crippen LogP contribution in [0.2, 0.25) is 0 Å². The molecule has 0 fully saturated rings. The number of hydrogen-bond acceptors (Lipinski definition) is 2. The summed E-state index contributed by atoms with van der Waals surface area (Å²) in [5.74, 6) is -2.78. The topological polar surface area (TPSA) is 74.6 Å². The molecule has 102 valence electrons. The van der Waals surface area contributed by atoms with Gasteiger partial charge in [-0.15, -0.1) is 0 Å². The lowest BCUT2D eigenvalue weighted by Crippen LogP contribution is -2.10. The lowest BCUT2D eigenvalue weighted by Gasteiger charge is -2.10. The second kappa shape index (κ2) is 5.52. The van der Waals surface area contributed by atoms with Gasteiger partial charge < -0.3 is 10.2 Å². The maximum absolute atomic E-state index is 12.9. The molecule has 0 aliphatic heterocycles. The van der Waals surface area contributed by atoms with Crippen LogP contribution in [0.4, 0.5) is 4.39 Å². The average molecular weight is 274 g/mol. The summed E-state index contributed by atoms with van der Waals surface area (Å²) in [5.41, 5.74) is 0.727. The fourth-order valence-electron chi connectivity index (χ4n) is 1.98. The third-order valence-electron chi connectivity index (χ3n) is 2.93. The van der Waals surface area contributed by atoms with Gasteiger partial charge >= 0.3 is 11.9 Å². The van der Waals surface area contributed by atoms with Crippen LogP contribution >= 0.6 is 0 Å². The standard InChI is InChI=1S/C15H11FO4/c16-10-6-4-9(5-7-10)8-13-11(14(17)18)2-1-3-12(13)15(19)20/h1-7H,8H2,(H,17,18)(H,19,20). The number of carboxylic acid groups (broad SMARTS) is 2. The second-order valence-electron chi connectivity index (χ2n) is 4.25. The van der Waals surface area contributed by atoms with Crippen LogP contribution in [-0.2, 0) is 6.42 Å². The van der Waals surface area contributed by atoms with Gasteiger partial charge in [0.05, 0.1) is 11.1 Å². The van der Waals surface area contributed by atoms with Crippen molar-refractivity contribution in [2.45, 2.75) is 6.42 Å². The van der Waals surface area contributed by atoms with Gasteiger partial charge in [-0.2, -0.15) is 0 Å². The number of carbonyl (C=O) groups is 2. The molecule has 0 aliphatic carbocycles. The first-order chi connectivity index (χ1) is 9.49. The number of rotatable bonds is 4. The fourth-order valence-corrected chi connectivity index (χ4v) is 1.98. The molecule has 2 aromatic carbocycles. The van der Waals surface area contributed by atoms with Crippen molar-refractivity contribution in [3.63, 3.8) is 0 Å². The van der Waals surface area contributed by atoms with E-state index in [0.717, 1.165) is 0 Å². The Kier molecular flexibility index (Phi) is 3.79. The molecule has 0 aromatic heterocycles. The van der Waals surface area contributed by atoms with Crippen LogP contribution < -0.4 is 0 Å². The molecule has 0 unspecified atom stereocenters. The van der Waals surface area contributed by atoms with Crippen LogP contribution in [0.1, 0.15) is 31.8 Å². The molecule has 4 nitrogen and oxygen atoms in total. The summed E-state index contributed by atoms with van der Waals surface area (Å²) in [6.07, 6.45) is 0.115. The molecule has 2 rings (SSSR count). The van der Waals surface area contributed by atoms with Crippen molar-refractivity contribution in [1.82, 2.24) is 0 Å². The molecule has 5 heteroatoms. The summed E-state index contributed by atoms with van der Waals surface area (Å²) in [7, 11) is 0. The Bertz CT molecular complexity index is 630. The molecule has 0 saturated carbocycles. The SMILES string of the molecule is O=C(O)c1cccc(C(=O)O)c1Cc1ccc(F)cc1. The molecule has 2 aromatic rings. The normalized spacial score (nSPS) is 10.2. The minimum atomic E-state index is -1.19. The van der Waals surface area contributed by atoms with E-state index in [9.17, 15) is 14.0 Å². The van der Waals surface area contributed by atoms with E-state index < -0.39 is 17.8 Å². The van der Waals surface area contributed by atoms with E-state index in [0.29, 0.717) is 5.56 Å². The minimum absolute atomic E-state index is 0.0609. The molecule has 2 N–H and O–H groups in total.